The van der Waals surface area contributed by atoms with E-state index >= 15 is 0 Å². The largest absolute Gasteiger partial charge is 0.461 e. The van der Waals surface area contributed by atoms with Crippen molar-refractivity contribution in [2.75, 3.05) is 6.61 Å². The van der Waals surface area contributed by atoms with Crippen molar-refractivity contribution >= 4 is 12.0 Å². The van der Waals surface area contributed by atoms with Gasteiger partial charge in [-0.2, -0.15) is 0 Å². The lowest BCUT2D eigenvalue weighted by Crippen LogP contribution is -2.07. The molecule has 0 atom stereocenters. The van der Waals surface area contributed by atoms with Crippen molar-refractivity contribution in [3.63, 3.8) is 0 Å². The van der Waals surface area contributed by atoms with Crippen molar-refractivity contribution in [3.05, 3.63) is 41.0 Å². The van der Waals surface area contributed by atoms with E-state index in [-0.39, 0.29) is 5.97 Å². The molecule has 0 unspecified atom stereocenters. The van der Waals surface area contributed by atoms with Gasteiger partial charge in [0.15, 0.2) is 0 Å². The lowest BCUT2D eigenvalue weighted by Gasteiger charge is -2.12. The van der Waals surface area contributed by atoms with Gasteiger partial charge in [0.25, 0.3) is 0 Å². The molecule has 19 heavy (non-hydrogen) atoms. The average molecular weight is 260 g/mol. The van der Waals surface area contributed by atoms with Crippen molar-refractivity contribution < 1.29 is 9.53 Å². The molecule has 2 nitrogen and oxygen atoms in total. The van der Waals surface area contributed by atoms with E-state index in [1.807, 2.05) is 0 Å². The Balaban J connectivity index is 2.88. The highest BCUT2D eigenvalue weighted by atomic mass is 16.5. The van der Waals surface area contributed by atoms with E-state index in [2.05, 4.69) is 51.1 Å². The van der Waals surface area contributed by atoms with Crippen molar-refractivity contribution in [2.24, 2.45) is 5.92 Å². The van der Waals surface area contributed by atoms with Gasteiger partial charge in [-0.15, -0.1) is 0 Å². The predicted molar refractivity (Wildman–Crippen MR) is 79.9 cm³/mol. The van der Waals surface area contributed by atoms with Gasteiger partial charge in [0.05, 0.1) is 0 Å². The minimum absolute atomic E-state index is 0.230. The first-order valence-corrected chi connectivity index (χ1v) is 6.95. The van der Waals surface area contributed by atoms with Gasteiger partial charge in [-0.1, -0.05) is 57.5 Å². The van der Waals surface area contributed by atoms with E-state index in [1.165, 1.54) is 18.1 Å². The molecule has 0 N–H and O–H groups in total. The van der Waals surface area contributed by atoms with Crippen LogP contribution in [0.1, 0.15) is 45.2 Å². The van der Waals surface area contributed by atoms with Crippen LogP contribution >= 0.6 is 0 Å². The molecule has 0 saturated carbocycles. The first-order valence-electron chi connectivity index (χ1n) is 6.95. The average Bonchev–Trinajstić information content (AvgIpc) is 2.34. The summed E-state index contributed by atoms with van der Waals surface area (Å²) < 4.78 is 5.11. The van der Waals surface area contributed by atoms with E-state index < -0.39 is 0 Å². The monoisotopic (exact) mass is 260 g/mol. The molecule has 2 heteroatoms. The van der Waals surface area contributed by atoms with Crippen LogP contribution in [-0.2, 0) is 16.0 Å². The molecule has 0 aromatic heterocycles. The summed E-state index contributed by atoms with van der Waals surface area (Å²) in [6, 6.07) is 8.54. The number of aryl methyl sites for hydroxylation is 1. The Kier molecular flexibility index (Phi) is 6.34. The Hall–Kier alpha value is -1.57. The second kappa shape index (κ2) is 7.78. The molecule has 0 aliphatic rings. The summed E-state index contributed by atoms with van der Waals surface area (Å²) in [6.45, 7) is 8.24. The molecule has 0 saturated heterocycles. The second-order valence-electron chi connectivity index (χ2n) is 5.15. The second-order valence-corrected chi connectivity index (χ2v) is 5.15. The van der Waals surface area contributed by atoms with E-state index in [9.17, 15) is 4.79 Å². The normalized spacial score (nSPS) is 11.7. The standard InChI is InChI=1S/C17H24O2/c1-5-7-15-8-6-9-16(10-15)11-17(13(2)3)12-19-14(4)18/h6,8-11,13H,5,7,12H2,1-4H3. The predicted octanol–water partition coefficient (Wildman–Crippen LogP) is 4.24. The van der Waals surface area contributed by atoms with Crippen LogP contribution in [-0.4, -0.2) is 12.6 Å². The minimum Gasteiger partial charge on any atom is -0.461 e. The van der Waals surface area contributed by atoms with Crippen molar-refractivity contribution in [1.82, 2.24) is 0 Å². The zero-order valence-corrected chi connectivity index (χ0v) is 12.4. The summed E-state index contributed by atoms with van der Waals surface area (Å²) in [6.07, 6.45) is 4.38. The van der Waals surface area contributed by atoms with Crippen LogP contribution in [0.15, 0.2) is 29.8 Å². The number of hydrogen-bond donors (Lipinski definition) is 0. The molecule has 0 amide bonds. The van der Waals surface area contributed by atoms with Gasteiger partial charge in [-0.05, 0) is 29.0 Å². The van der Waals surface area contributed by atoms with Crippen LogP contribution in [0.25, 0.3) is 6.08 Å². The van der Waals surface area contributed by atoms with Crippen molar-refractivity contribution in [3.8, 4) is 0 Å². The lowest BCUT2D eigenvalue weighted by molar-refractivity contribution is -0.140. The lowest BCUT2D eigenvalue weighted by atomic mass is 9.99. The van der Waals surface area contributed by atoms with Gasteiger partial charge in [0, 0.05) is 6.92 Å². The summed E-state index contributed by atoms with van der Waals surface area (Å²) in [7, 11) is 0. The van der Waals surface area contributed by atoms with Crippen LogP contribution in [0.3, 0.4) is 0 Å². The first-order chi connectivity index (χ1) is 9.02. The fourth-order valence-corrected chi connectivity index (χ4v) is 1.90. The highest BCUT2D eigenvalue weighted by Gasteiger charge is 2.06. The summed E-state index contributed by atoms with van der Waals surface area (Å²) in [5, 5.41) is 0. The van der Waals surface area contributed by atoms with Gasteiger partial charge in [-0.3, -0.25) is 4.79 Å². The van der Waals surface area contributed by atoms with Crippen LogP contribution in [0.2, 0.25) is 0 Å². The Morgan fingerprint density at radius 3 is 2.68 bits per heavy atom. The summed E-state index contributed by atoms with van der Waals surface area (Å²) in [5.41, 5.74) is 3.68. The summed E-state index contributed by atoms with van der Waals surface area (Å²) in [5.74, 6) is 0.139. The Morgan fingerprint density at radius 1 is 1.37 bits per heavy atom. The Bertz CT molecular complexity index is 444. The van der Waals surface area contributed by atoms with Gasteiger partial charge < -0.3 is 4.74 Å². The third-order valence-corrected chi connectivity index (χ3v) is 3.03. The SMILES string of the molecule is CCCc1cccc(C=C(COC(C)=O)C(C)C)c1. The minimum atomic E-state index is -0.230. The molecule has 104 valence electrons. The molecule has 0 aliphatic heterocycles. The molecule has 1 aromatic rings. The topological polar surface area (TPSA) is 26.3 Å². The smallest absolute Gasteiger partial charge is 0.302 e. The highest BCUT2D eigenvalue weighted by molar-refractivity contribution is 5.66. The van der Waals surface area contributed by atoms with E-state index in [1.54, 1.807) is 0 Å². The molecule has 0 fully saturated rings. The van der Waals surface area contributed by atoms with Gasteiger partial charge in [-0.25, -0.2) is 0 Å². The molecule has 0 bridgehead atoms. The van der Waals surface area contributed by atoms with Crippen molar-refractivity contribution in [1.29, 1.82) is 0 Å². The maximum atomic E-state index is 10.9. The molecular formula is C17H24O2. The van der Waals surface area contributed by atoms with Gasteiger partial charge in [0.2, 0.25) is 0 Å². The number of benzene rings is 1. The Labute approximate surface area is 116 Å². The fraction of sp³-hybridized carbons (Fsp3) is 0.471. The summed E-state index contributed by atoms with van der Waals surface area (Å²) >= 11 is 0. The number of hydrogen-bond acceptors (Lipinski definition) is 2. The number of esters is 1. The molecule has 1 aromatic carbocycles. The number of carbonyl (C=O) groups is 1. The Morgan fingerprint density at radius 2 is 2.11 bits per heavy atom. The molecular weight excluding hydrogens is 236 g/mol. The van der Waals surface area contributed by atoms with E-state index in [4.69, 9.17) is 4.74 Å². The van der Waals surface area contributed by atoms with Crippen LogP contribution in [0.4, 0.5) is 0 Å². The molecule has 0 radical (unpaired) electrons. The van der Waals surface area contributed by atoms with E-state index in [0.29, 0.717) is 12.5 Å². The zero-order chi connectivity index (χ0) is 14.3. The number of carbonyl (C=O) groups excluding carboxylic acids is 1. The molecule has 0 heterocycles. The van der Waals surface area contributed by atoms with Crippen LogP contribution in [0.5, 0.6) is 0 Å². The molecule has 1 rings (SSSR count). The fourth-order valence-electron chi connectivity index (χ4n) is 1.90. The highest BCUT2D eigenvalue weighted by Crippen LogP contribution is 2.17. The van der Waals surface area contributed by atoms with Gasteiger partial charge in [0.1, 0.15) is 6.61 Å². The van der Waals surface area contributed by atoms with Crippen molar-refractivity contribution in [2.45, 2.75) is 40.5 Å². The van der Waals surface area contributed by atoms with Crippen LogP contribution < -0.4 is 0 Å². The first kappa shape index (κ1) is 15.5. The zero-order valence-electron chi connectivity index (χ0n) is 12.4. The van der Waals surface area contributed by atoms with E-state index in [0.717, 1.165) is 18.4 Å². The summed E-state index contributed by atoms with van der Waals surface area (Å²) in [4.78, 5) is 10.9. The third-order valence-electron chi connectivity index (χ3n) is 3.03. The van der Waals surface area contributed by atoms with Gasteiger partial charge >= 0.3 is 5.97 Å². The molecule has 0 spiro atoms. The quantitative estimate of drug-likeness (QED) is 0.715. The maximum absolute atomic E-state index is 10.9. The molecule has 0 aliphatic carbocycles. The third kappa shape index (κ3) is 5.73. The number of ether oxygens (including phenoxy) is 1. The maximum Gasteiger partial charge on any atom is 0.302 e. The number of rotatable bonds is 6. The van der Waals surface area contributed by atoms with Crippen LogP contribution in [0, 0.1) is 5.92 Å².